The van der Waals surface area contributed by atoms with Gasteiger partial charge in [0.25, 0.3) is 0 Å². The van der Waals surface area contributed by atoms with Crippen LogP contribution >= 0.6 is 23.2 Å². The monoisotopic (exact) mass is 530 g/mol. The molecule has 0 radical (unpaired) electrons. The molecule has 1 aliphatic carbocycles. The zero-order valence-corrected chi connectivity index (χ0v) is 21.5. The molecule has 5 rings (SSSR count). The lowest BCUT2D eigenvalue weighted by Crippen LogP contribution is -2.15. The molecule has 0 aliphatic heterocycles. The van der Waals surface area contributed by atoms with E-state index in [4.69, 9.17) is 32.7 Å². The van der Waals surface area contributed by atoms with Crippen LogP contribution in [0.15, 0.2) is 84.9 Å². The number of carbonyl (C=O) groups is 2. The number of ether oxygens (including phenoxy) is 2. The lowest BCUT2D eigenvalue weighted by molar-refractivity contribution is -0.145. The zero-order chi connectivity index (χ0) is 25.8. The number of benzene rings is 4. The molecule has 0 bridgehead atoms. The average Bonchev–Trinajstić information content (AvgIpc) is 3.27. The highest BCUT2D eigenvalue weighted by atomic mass is 35.5. The summed E-state index contributed by atoms with van der Waals surface area (Å²) < 4.78 is 11.1. The van der Waals surface area contributed by atoms with E-state index in [1.165, 1.54) is 5.56 Å². The number of rotatable bonds is 8. The summed E-state index contributed by atoms with van der Waals surface area (Å²) in [6.07, 6.45) is 0.823. The smallest absolute Gasteiger partial charge is 0.310 e. The van der Waals surface area contributed by atoms with Crippen molar-refractivity contribution >= 4 is 35.1 Å². The van der Waals surface area contributed by atoms with E-state index in [1.807, 2.05) is 48.5 Å². The highest BCUT2D eigenvalue weighted by Gasteiger charge is 2.25. The van der Waals surface area contributed by atoms with E-state index in [0.29, 0.717) is 16.5 Å². The van der Waals surface area contributed by atoms with E-state index in [0.717, 1.165) is 38.9 Å². The lowest BCUT2D eigenvalue weighted by atomic mass is 9.92. The maximum atomic E-state index is 12.9. The van der Waals surface area contributed by atoms with E-state index in [-0.39, 0.29) is 38.0 Å². The van der Waals surface area contributed by atoms with Crippen molar-refractivity contribution < 1.29 is 19.1 Å². The summed E-state index contributed by atoms with van der Waals surface area (Å²) in [5, 5.41) is 1.18. The molecule has 1 aliphatic rings. The Bertz CT molecular complexity index is 1480. The highest BCUT2D eigenvalue weighted by Crippen LogP contribution is 2.39. The van der Waals surface area contributed by atoms with E-state index in [9.17, 15) is 9.59 Å². The van der Waals surface area contributed by atoms with Crippen LogP contribution in [0.2, 0.25) is 10.0 Å². The van der Waals surface area contributed by atoms with Gasteiger partial charge in [-0.05, 0) is 75.2 Å². The van der Waals surface area contributed by atoms with Crippen molar-refractivity contribution in [2.24, 2.45) is 0 Å². The summed E-state index contributed by atoms with van der Waals surface area (Å²) in [6.45, 7) is 0.262. The van der Waals surface area contributed by atoms with Gasteiger partial charge >= 0.3 is 11.9 Å². The normalized spacial score (nSPS) is 11.5. The van der Waals surface area contributed by atoms with Crippen LogP contribution in [0, 0.1) is 0 Å². The van der Waals surface area contributed by atoms with Gasteiger partial charge in [-0.15, -0.1) is 0 Å². The van der Waals surface area contributed by atoms with Crippen molar-refractivity contribution in [1.29, 1.82) is 0 Å². The number of esters is 2. The van der Waals surface area contributed by atoms with Gasteiger partial charge in [-0.1, -0.05) is 83.9 Å². The van der Waals surface area contributed by atoms with Gasteiger partial charge in [-0.3, -0.25) is 9.59 Å². The molecule has 0 spiro atoms. The standard InChI is InChI=1S/C31H24Cl2O4/c32-24-8-3-5-20(13-24)18-36-30(34)16-23-11-12-27-26-10-2-1-7-22(26)15-29(27)28(23)17-31(35)37-19-21-6-4-9-25(33)14-21/h1-14H,15-19H2. The van der Waals surface area contributed by atoms with Crippen LogP contribution in [0.3, 0.4) is 0 Å². The number of carbonyl (C=O) groups excluding carboxylic acids is 2. The molecule has 4 aromatic carbocycles. The van der Waals surface area contributed by atoms with Crippen LogP contribution in [0.4, 0.5) is 0 Å². The van der Waals surface area contributed by atoms with Crippen molar-refractivity contribution in [2.45, 2.75) is 32.5 Å². The van der Waals surface area contributed by atoms with Gasteiger partial charge in [0.05, 0.1) is 12.8 Å². The Morgan fingerprint density at radius 3 is 1.95 bits per heavy atom. The Labute approximate surface area is 225 Å². The molecule has 0 atom stereocenters. The van der Waals surface area contributed by atoms with Gasteiger partial charge in [-0.2, -0.15) is 0 Å². The van der Waals surface area contributed by atoms with Crippen LogP contribution < -0.4 is 0 Å². The maximum absolute atomic E-state index is 12.9. The van der Waals surface area contributed by atoms with Gasteiger partial charge in [-0.25, -0.2) is 0 Å². The Kier molecular flexibility index (Phi) is 7.59. The van der Waals surface area contributed by atoms with Crippen molar-refractivity contribution in [1.82, 2.24) is 0 Å². The Morgan fingerprint density at radius 1 is 0.676 bits per heavy atom. The molecule has 0 saturated carbocycles. The lowest BCUT2D eigenvalue weighted by Gasteiger charge is -2.15. The minimum atomic E-state index is -0.371. The Hall–Kier alpha value is -3.60. The minimum Gasteiger partial charge on any atom is -0.461 e. The fourth-order valence-corrected chi connectivity index (χ4v) is 5.12. The van der Waals surface area contributed by atoms with Gasteiger partial charge in [0.2, 0.25) is 0 Å². The summed E-state index contributed by atoms with van der Waals surface area (Å²) in [6, 6.07) is 26.6. The zero-order valence-electron chi connectivity index (χ0n) is 20.0. The van der Waals surface area contributed by atoms with Gasteiger partial charge in [0.1, 0.15) is 13.2 Å². The molecule has 186 valence electrons. The summed E-state index contributed by atoms with van der Waals surface area (Å²) in [5.74, 6) is -0.734. The second-order valence-corrected chi connectivity index (χ2v) is 9.87. The first-order valence-corrected chi connectivity index (χ1v) is 12.7. The second-order valence-electron chi connectivity index (χ2n) is 9.00. The molecule has 0 unspecified atom stereocenters. The minimum absolute atomic E-state index is 0.0566. The maximum Gasteiger partial charge on any atom is 0.310 e. The number of halogens is 2. The number of fused-ring (bicyclic) bond motifs is 3. The quantitative estimate of drug-likeness (QED) is 0.200. The summed E-state index contributed by atoms with van der Waals surface area (Å²) in [5.41, 5.74) is 7.72. The predicted molar refractivity (Wildman–Crippen MR) is 145 cm³/mol. The van der Waals surface area contributed by atoms with E-state index in [1.54, 1.807) is 24.3 Å². The topological polar surface area (TPSA) is 52.6 Å². The molecule has 0 saturated heterocycles. The van der Waals surface area contributed by atoms with Crippen molar-refractivity contribution in [3.8, 4) is 11.1 Å². The first-order chi connectivity index (χ1) is 18.0. The average molecular weight is 531 g/mol. The SMILES string of the molecule is O=C(Cc1ccc2c(c1CC(=O)OCc1cccc(Cl)c1)Cc1ccccc1-2)OCc1cccc(Cl)c1. The third-order valence-corrected chi connectivity index (χ3v) is 6.91. The third kappa shape index (κ3) is 6.04. The van der Waals surface area contributed by atoms with Crippen LogP contribution in [-0.4, -0.2) is 11.9 Å². The van der Waals surface area contributed by atoms with E-state index < -0.39 is 0 Å². The molecule has 37 heavy (non-hydrogen) atoms. The molecule has 4 nitrogen and oxygen atoms in total. The molecule has 6 heteroatoms. The molecule has 0 amide bonds. The molecular weight excluding hydrogens is 507 g/mol. The summed E-state index contributed by atoms with van der Waals surface area (Å²) in [7, 11) is 0. The third-order valence-electron chi connectivity index (χ3n) is 6.44. The largest absolute Gasteiger partial charge is 0.461 e. The van der Waals surface area contributed by atoms with Gasteiger partial charge in [0.15, 0.2) is 0 Å². The second kappa shape index (κ2) is 11.2. The molecule has 0 N–H and O–H groups in total. The Balaban J connectivity index is 1.35. The van der Waals surface area contributed by atoms with Crippen molar-refractivity contribution in [3.05, 3.63) is 128 Å². The number of hydrogen-bond acceptors (Lipinski definition) is 4. The van der Waals surface area contributed by atoms with E-state index in [2.05, 4.69) is 12.1 Å². The highest BCUT2D eigenvalue weighted by molar-refractivity contribution is 6.30. The molecular formula is C31H24Cl2O4. The number of hydrogen-bond donors (Lipinski definition) is 0. The summed E-state index contributed by atoms with van der Waals surface area (Å²) >= 11 is 12.1. The fraction of sp³-hybridized carbons (Fsp3) is 0.161. The predicted octanol–water partition coefficient (Wildman–Crippen LogP) is 7.14. The van der Waals surface area contributed by atoms with E-state index >= 15 is 0 Å². The van der Waals surface area contributed by atoms with Crippen LogP contribution in [0.5, 0.6) is 0 Å². The first kappa shape index (κ1) is 25.1. The Morgan fingerprint density at radius 2 is 1.30 bits per heavy atom. The molecule has 0 aromatic heterocycles. The van der Waals surface area contributed by atoms with Crippen LogP contribution in [-0.2, 0) is 51.5 Å². The van der Waals surface area contributed by atoms with Crippen LogP contribution in [0.25, 0.3) is 11.1 Å². The van der Waals surface area contributed by atoms with Gasteiger partial charge in [0, 0.05) is 10.0 Å². The molecule has 4 aromatic rings. The summed E-state index contributed by atoms with van der Waals surface area (Å²) in [4.78, 5) is 25.7. The molecule has 0 heterocycles. The van der Waals surface area contributed by atoms with Crippen molar-refractivity contribution in [2.75, 3.05) is 0 Å². The van der Waals surface area contributed by atoms with Crippen molar-refractivity contribution in [3.63, 3.8) is 0 Å². The fourth-order valence-electron chi connectivity index (χ4n) is 4.69. The van der Waals surface area contributed by atoms with Gasteiger partial charge < -0.3 is 9.47 Å². The molecule has 0 fully saturated rings. The van der Waals surface area contributed by atoms with Crippen LogP contribution in [0.1, 0.15) is 33.4 Å². The first-order valence-electron chi connectivity index (χ1n) is 12.0.